The maximum absolute atomic E-state index is 13.4. The summed E-state index contributed by atoms with van der Waals surface area (Å²) in [6, 6.07) is 14.0. The molecule has 2 aromatic carbocycles. The highest BCUT2D eigenvalue weighted by Gasteiger charge is 2.10. The number of halogens is 2. The van der Waals surface area contributed by atoms with Gasteiger partial charge >= 0.3 is 0 Å². The van der Waals surface area contributed by atoms with Crippen LogP contribution >= 0.6 is 23.4 Å². The lowest BCUT2D eigenvalue weighted by Gasteiger charge is -2.11. The van der Waals surface area contributed by atoms with Gasteiger partial charge in [0.05, 0.1) is 11.1 Å². The van der Waals surface area contributed by atoms with Gasteiger partial charge in [0.25, 0.3) is 0 Å². The Labute approximate surface area is 121 Å². The van der Waals surface area contributed by atoms with Gasteiger partial charge in [0.15, 0.2) is 0 Å². The lowest BCUT2D eigenvalue weighted by molar-refractivity contribution is 0.198. The van der Waals surface area contributed by atoms with Crippen molar-refractivity contribution in [2.75, 3.05) is 5.75 Å². The second-order valence-electron chi connectivity index (χ2n) is 4.19. The number of aliphatic hydroxyl groups excluding tert-OH is 1. The van der Waals surface area contributed by atoms with E-state index in [-0.39, 0.29) is 5.82 Å². The van der Waals surface area contributed by atoms with Gasteiger partial charge in [0, 0.05) is 17.1 Å². The number of benzene rings is 2. The van der Waals surface area contributed by atoms with Crippen LogP contribution in [0, 0.1) is 5.82 Å². The molecule has 4 heteroatoms. The zero-order valence-electron chi connectivity index (χ0n) is 10.2. The average Bonchev–Trinajstić information content (AvgIpc) is 2.40. The molecule has 2 rings (SSSR count). The van der Waals surface area contributed by atoms with Crippen molar-refractivity contribution < 1.29 is 9.50 Å². The molecule has 0 heterocycles. The highest BCUT2D eigenvalue weighted by atomic mass is 35.5. The fourth-order valence-corrected chi connectivity index (χ4v) is 2.89. The molecule has 1 unspecified atom stereocenters. The topological polar surface area (TPSA) is 20.2 Å². The number of aliphatic hydroxyl groups is 1. The van der Waals surface area contributed by atoms with Gasteiger partial charge in [0.1, 0.15) is 5.82 Å². The smallest absolute Gasteiger partial charge is 0.126 e. The molecule has 0 aliphatic carbocycles. The first-order valence-corrected chi connectivity index (χ1v) is 7.32. The summed E-state index contributed by atoms with van der Waals surface area (Å²) in [5.41, 5.74) is 0.537. The van der Waals surface area contributed by atoms with E-state index in [9.17, 15) is 9.50 Å². The molecule has 0 aliphatic rings. The zero-order valence-corrected chi connectivity index (χ0v) is 11.8. The third kappa shape index (κ3) is 4.23. The Hall–Kier alpha value is -1.03. The normalized spacial score (nSPS) is 12.4. The number of thioether (sulfide) groups is 1. The molecule has 0 fully saturated rings. The van der Waals surface area contributed by atoms with E-state index in [0.29, 0.717) is 22.8 Å². The van der Waals surface area contributed by atoms with Crippen molar-refractivity contribution in [3.63, 3.8) is 0 Å². The lowest BCUT2D eigenvalue weighted by Crippen LogP contribution is -2.14. The highest BCUT2D eigenvalue weighted by molar-refractivity contribution is 7.99. The molecule has 0 spiro atoms. The molecule has 2 aromatic rings. The van der Waals surface area contributed by atoms with Crippen LogP contribution in [0.1, 0.15) is 5.56 Å². The Morgan fingerprint density at radius 3 is 2.53 bits per heavy atom. The standard InChI is InChI=1S/C15H14ClFOS/c16-13-6-2-4-8-15(13)19-10-12(18)9-11-5-1-3-7-14(11)17/h1-8,12,18H,9-10H2. The molecule has 19 heavy (non-hydrogen) atoms. The van der Waals surface area contributed by atoms with E-state index in [1.807, 2.05) is 24.3 Å². The Morgan fingerprint density at radius 1 is 1.11 bits per heavy atom. The van der Waals surface area contributed by atoms with Crippen molar-refractivity contribution in [3.05, 3.63) is 64.9 Å². The summed E-state index contributed by atoms with van der Waals surface area (Å²) in [5, 5.41) is 10.6. The SMILES string of the molecule is OC(CSc1ccccc1Cl)Cc1ccccc1F. The molecule has 0 saturated heterocycles. The fraction of sp³-hybridized carbons (Fsp3) is 0.200. The molecule has 1 N–H and O–H groups in total. The molecule has 0 saturated carbocycles. The summed E-state index contributed by atoms with van der Waals surface area (Å²) in [7, 11) is 0. The summed E-state index contributed by atoms with van der Waals surface area (Å²) in [6.45, 7) is 0. The third-order valence-corrected chi connectivity index (χ3v) is 4.34. The van der Waals surface area contributed by atoms with E-state index in [0.717, 1.165) is 4.90 Å². The van der Waals surface area contributed by atoms with Gasteiger partial charge in [-0.25, -0.2) is 4.39 Å². The average molecular weight is 297 g/mol. The van der Waals surface area contributed by atoms with Gasteiger partial charge in [-0.15, -0.1) is 11.8 Å². The lowest BCUT2D eigenvalue weighted by atomic mass is 10.1. The van der Waals surface area contributed by atoms with Crippen LogP contribution in [0.5, 0.6) is 0 Å². The van der Waals surface area contributed by atoms with Gasteiger partial charge in [-0.05, 0) is 23.8 Å². The first kappa shape index (κ1) is 14.4. The van der Waals surface area contributed by atoms with Gasteiger partial charge in [0.2, 0.25) is 0 Å². The summed E-state index contributed by atoms with van der Waals surface area (Å²) in [5.74, 6) is 0.210. The summed E-state index contributed by atoms with van der Waals surface area (Å²) in [4.78, 5) is 0.928. The fourth-order valence-electron chi connectivity index (χ4n) is 1.72. The van der Waals surface area contributed by atoms with Gasteiger partial charge in [-0.2, -0.15) is 0 Å². The number of hydrogen-bond acceptors (Lipinski definition) is 2. The van der Waals surface area contributed by atoms with Crippen LogP contribution < -0.4 is 0 Å². The molecule has 0 amide bonds. The maximum atomic E-state index is 13.4. The minimum absolute atomic E-state index is 0.274. The first-order valence-electron chi connectivity index (χ1n) is 5.95. The van der Waals surface area contributed by atoms with Crippen molar-refractivity contribution in [2.24, 2.45) is 0 Å². The number of hydrogen-bond donors (Lipinski definition) is 1. The van der Waals surface area contributed by atoms with Crippen LogP contribution in [0.15, 0.2) is 53.4 Å². The Kier molecular flexibility index (Phi) is 5.25. The van der Waals surface area contributed by atoms with E-state index in [2.05, 4.69) is 0 Å². The summed E-state index contributed by atoms with van der Waals surface area (Å²) < 4.78 is 13.4. The zero-order chi connectivity index (χ0) is 13.7. The van der Waals surface area contributed by atoms with Crippen LogP contribution in [0.2, 0.25) is 5.02 Å². The second-order valence-corrected chi connectivity index (χ2v) is 5.66. The van der Waals surface area contributed by atoms with Crippen LogP contribution in [-0.4, -0.2) is 17.0 Å². The van der Waals surface area contributed by atoms with Gasteiger partial charge in [-0.3, -0.25) is 0 Å². The Balaban J connectivity index is 1.90. The number of rotatable bonds is 5. The minimum Gasteiger partial charge on any atom is -0.392 e. The Bertz CT molecular complexity index is 547. The predicted octanol–water partition coefficient (Wildman–Crippen LogP) is 4.17. The second kappa shape index (κ2) is 6.94. The molecule has 1 atom stereocenters. The molecule has 0 aromatic heterocycles. The molecular formula is C15H14ClFOS. The third-order valence-electron chi connectivity index (χ3n) is 2.68. The van der Waals surface area contributed by atoms with E-state index in [1.54, 1.807) is 18.2 Å². The largest absolute Gasteiger partial charge is 0.392 e. The van der Waals surface area contributed by atoms with Crippen molar-refractivity contribution in [1.82, 2.24) is 0 Å². The van der Waals surface area contributed by atoms with Gasteiger partial charge < -0.3 is 5.11 Å². The molecular weight excluding hydrogens is 283 g/mol. The predicted molar refractivity (Wildman–Crippen MR) is 78.3 cm³/mol. The summed E-state index contributed by atoms with van der Waals surface area (Å²) in [6.07, 6.45) is -0.289. The maximum Gasteiger partial charge on any atom is 0.126 e. The molecule has 100 valence electrons. The van der Waals surface area contributed by atoms with E-state index >= 15 is 0 Å². The van der Waals surface area contributed by atoms with Crippen molar-refractivity contribution in [2.45, 2.75) is 17.4 Å². The molecule has 0 bridgehead atoms. The van der Waals surface area contributed by atoms with Crippen molar-refractivity contribution >= 4 is 23.4 Å². The van der Waals surface area contributed by atoms with E-state index in [4.69, 9.17) is 11.6 Å². The van der Waals surface area contributed by atoms with Crippen LogP contribution in [0.3, 0.4) is 0 Å². The van der Waals surface area contributed by atoms with E-state index < -0.39 is 6.10 Å². The van der Waals surface area contributed by atoms with Crippen LogP contribution in [0.25, 0.3) is 0 Å². The van der Waals surface area contributed by atoms with Gasteiger partial charge in [-0.1, -0.05) is 41.9 Å². The minimum atomic E-state index is -0.599. The van der Waals surface area contributed by atoms with Crippen molar-refractivity contribution in [3.8, 4) is 0 Å². The van der Waals surface area contributed by atoms with Crippen molar-refractivity contribution in [1.29, 1.82) is 0 Å². The highest BCUT2D eigenvalue weighted by Crippen LogP contribution is 2.27. The molecule has 1 nitrogen and oxygen atoms in total. The quantitative estimate of drug-likeness (QED) is 0.836. The van der Waals surface area contributed by atoms with E-state index in [1.165, 1.54) is 17.8 Å². The molecule has 0 aliphatic heterocycles. The van der Waals surface area contributed by atoms with Crippen LogP contribution in [-0.2, 0) is 6.42 Å². The summed E-state index contributed by atoms with van der Waals surface area (Å²) >= 11 is 7.51. The van der Waals surface area contributed by atoms with Crippen LogP contribution in [0.4, 0.5) is 4.39 Å². The molecule has 0 radical (unpaired) electrons. The monoisotopic (exact) mass is 296 g/mol. The Morgan fingerprint density at radius 2 is 1.79 bits per heavy atom. The first-order chi connectivity index (χ1) is 9.16.